The van der Waals surface area contributed by atoms with Crippen molar-refractivity contribution in [3.63, 3.8) is 0 Å². The molecule has 9 heavy (non-hydrogen) atoms. The molecule has 0 saturated heterocycles. The highest BCUT2D eigenvalue weighted by Crippen LogP contribution is 2.07. The maximum Gasteiger partial charge on any atom is 0.0909 e. The van der Waals surface area contributed by atoms with E-state index in [9.17, 15) is 4.39 Å². The van der Waals surface area contributed by atoms with E-state index < -0.39 is 0 Å². The van der Waals surface area contributed by atoms with Crippen molar-refractivity contribution in [1.29, 1.82) is 0 Å². The van der Waals surface area contributed by atoms with Gasteiger partial charge in [0.1, 0.15) is 0 Å². The van der Waals surface area contributed by atoms with Crippen LogP contribution in [0.3, 0.4) is 0 Å². The van der Waals surface area contributed by atoms with Gasteiger partial charge in [-0.25, -0.2) is 0 Å². The second-order valence-corrected chi connectivity index (χ2v) is 2.53. The Balaban J connectivity index is 3.32. The monoisotopic (exact) mass is 133 g/mol. The standard InChI is InChI=1S/C7H16FN/c1-3-6(2)7(9)4-5-8/h6-7H,3-5,9H2,1-2H3/t6-,7?/m0/s1. The van der Waals surface area contributed by atoms with E-state index in [0.29, 0.717) is 12.3 Å². The molecule has 0 radical (unpaired) electrons. The Hall–Kier alpha value is -0.110. The Labute approximate surface area is 56.4 Å². The fraction of sp³-hybridized carbons (Fsp3) is 1.00. The van der Waals surface area contributed by atoms with Gasteiger partial charge < -0.3 is 5.73 Å². The Bertz CT molecular complexity index is 65.9. The van der Waals surface area contributed by atoms with Crippen molar-refractivity contribution in [3.8, 4) is 0 Å². The lowest BCUT2D eigenvalue weighted by molar-refractivity contribution is 0.365. The first-order valence-electron chi connectivity index (χ1n) is 3.53. The van der Waals surface area contributed by atoms with Gasteiger partial charge in [0, 0.05) is 6.04 Å². The van der Waals surface area contributed by atoms with Crippen molar-refractivity contribution < 1.29 is 4.39 Å². The van der Waals surface area contributed by atoms with E-state index in [0.717, 1.165) is 6.42 Å². The minimum atomic E-state index is -0.286. The highest BCUT2D eigenvalue weighted by atomic mass is 19.1. The van der Waals surface area contributed by atoms with Crippen LogP contribution >= 0.6 is 0 Å². The van der Waals surface area contributed by atoms with E-state index in [2.05, 4.69) is 13.8 Å². The number of alkyl halides is 1. The molecule has 0 amide bonds. The third kappa shape index (κ3) is 3.46. The molecule has 0 fully saturated rings. The Morgan fingerprint density at radius 2 is 2.11 bits per heavy atom. The molecule has 0 spiro atoms. The van der Waals surface area contributed by atoms with E-state index in [4.69, 9.17) is 5.73 Å². The summed E-state index contributed by atoms with van der Waals surface area (Å²) in [4.78, 5) is 0. The van der Waals surface area contributed by atoms with Crippen molar-refractivity contribution >= 4 is 0 Å². The molecule has 0 aromatic carbocycles. The maximum absolute atomic E-state index is 11.7. The molecule has 2 N–H and O–H groups in total. The zero-order valence-corrected chi connectivity index (χ0v) is 6.23. The number of hydrogen-bond acceptors (Lipinski definition) is 1. The second kappa shape index (κ2) is 4.74. The molecule has 0 aliphatic rings. The van der Waals surface area contributed by atoms with Crippen LogP contribution in [0.1, 0.15) is 26.7 Å². The maximum atomic E-state index is 11.7. The lowest BCUT2D eigenvalue weighted by Gasteiger charge is -2.15. The average molecular weight is 133 g/mol. The normalized spacial score (nSPS) is 17.3. The van der Waals surface area contributed by atoms with Gasteiger partial charge in [-0.3, -0.25) is 4.39 Å². The summed E-state index contributed by atoms with van der Waals surface area (Å²) in [5, 5.41) is 0. The highest BCUT2D eigenvalue weighted by molar-refractivity contribution is 4.66. The van der Waals surface area contributed by atoms with Crippen LogP contribution < -0.4 is 5.73 Å². The lowest BCUT2D eigenvalue weighted by Crippen LogP contribution is -2.28. The summed E-state index contributed by atoms with van der Waals surface area (Å²) < 4.78 is 11.7. The largest absolute Gasteiger partial charge is 0.327 e. The molecule has 56 valence electrons. The fourth-order valence-electron chi connectivity index (χ4n) is 0.713. The van der Waals surface area contributed by atoms with Gasteiger partial charge in [-0.2, -0.15) is 0 Å². The summed E-state index contributed by atoms with van der Waals surface area (Å²) in [5.41, 5.74) is 5.60. The first-order valence-corrected chi connectivity index (χ1v) is 3.53. The van der Waals surface area contributed by atoms with Crippen molar-refractivity contribution in [3.05, 3.63) is 0 Å². The van der Waals surface area contributed by atoms with Crippen LogP contribution in [0, 0.1) is 5.92 Å². The first kappa shape index (κ1) is 8.89. The van der Waals surface area contributed by atoms with Gasteiger partial charge in [0.15, 0.2) is 0 Å². The molecule has 0 bridgehead atoms. The van der Waals surface area contributed by atoms with Crippen LogP contribution in [0.15, 0.2) is 0 Å². The van der Waals surface area contributed by atoms with Gasteiger partial charge >= 0.3 is 0 Å². The molecular formula is C7H16FN. The average Bonchev–Trinajstić information content (AvgIpc) is 1.87. The van der Waals surface area contributed by atoms with Gasteiger partial charge in [-0.05, 0) is 12.3 Å². The topological polar surface area (TPSA) is 26.0 Å². The number of hydrogen-bond donors (Lipinski definition) is 1. The molecule has 0 aromatic rings. The van der Waals surface area contributed by atoms with Crippen LogP contribution in [0.25, 0.3) is 0 Å². The van der Waals surface area contributed by atoms with Crippen LogP contribution in [-0.4, -0.2) is 12.7 Å². The third-order valence-corrected chi connectivity index (χ3v) is 1.82. The van der Waals surface area contributed by atoms with E-state index in [1.807, 2.05) is 0 Å². The molecule has 0 aliphatic heterocycles. The van der Waals surface area contributed by atoms with Crippen LogP contribution in [0.2, 0.25) is 0 Å². The molecule has 0 saturated carbocycles. The zero-order chi connectivity index (χ0) is 7.28. The van der Waals surface area contributed by atoms with Crippen molar-refractivity contribution in [1.82, 2.24) is 0 Å². The molecule has 0 aliphatic carbocycles. The summed E-state index contributed by atoms with van der Waals surface area (Å²) in [5.74, 6) is 0.459. The van der Waals surface area contributed by atoms with Crippen molar-refractivity contribution in [2.24, 2.45) is 11.7 Å². The van der Waals surface area contributed by atoms with Crippen molar-refractivity contribution in [2.75, 3.05) is 6.67 Å². The summed E-state index contributed by atoms with van der Waals surface area (Å²) >= 11 is 0. The molecule has 0 heterocycles. The van der Waals surface area contributed by atoms with Gasteiger partial charge in [-0.1, -0.05) is 20.3 Å². The van der Waals surface area contributed by atoms with E-state index in [1.54, 1.807) is 0 Å². The van der Waals surface area contributed by atoms with Gasteiger partial charge in [0.2, 0.25) is 0 Å². The molecule has 0 aromatic heterocycles. The fourth-order valence-corrected chi connectivity index (χ4v) is 0.713. The zero-order valence-electron chi connectivity index (χ0n) is 6.23. The summed E-state index contributed by atoms with van der Waals surface area (Å²) in [6, 6.07) is 0.0556. The smallest absolute Gasteiger partial charge is 0.0909 e. The van der Waals surface area contributed by atoms with E-state index >= 15 is 0 Å². The summed E-state index contributed by atoms with van der Waals surface area (Å²) in [6.45, 7) is 3.84. The van der Waals surface area contributed by atoms with Gasteiger partial charge in [0.25, 0.3) is 0 Å². The number of halogens is 1. The minimum absolute atomic E-state index is 0.0556. The Morgan fingerprint density at radius 3 is 2.44 bits per heavy atom. The number of nitrogens with two attached hydrogens (primary N) is 1. The SMILES string of the molecule is CC[C@H](C)C(N)CCF. The van der Waals surface area contributed by atoms with Crippen LogP contribution in [0.5, 0.6) is 0 Å². The highest BCUT2D eigenvalue weighted by Gasteiger charge is 2.08. The predicted octanol–water partition coefficient (Wildman–Crippen LogP) is 1.72. The number of rotatable bonds is 4. The minimum Gasteiger partial charge on any atom is -0.327 e. The molecular weight excluding hydrogens is 117 g/mol. The predicted molar refractivity (Wildman–Crippen MR) is 38.0 cm³/mol. The molecule has 2 heteroatoms. The molecule has 2 atom stereocenters. The van der Waals surface area contributed by atoms with E-state index in [1.165, 1.54) is 0 Å². The Morgan fingerprint density at radius 1 is 1.56 bits per heavy atom. The van der Waals surface area contributed by atoms with Gasteiger partial charge in [-0.15, -0.1) is 0 Å². The lowest BCUT2D eigenvalue weighted by atomic mass is 9.98. The molecule has 1 nitrogen and oxygen atoms in total. The quantitative estimate of drug-likeness (QED) is 0.621. The third-order valence-electron chi connectivity index (χ3n) is 1.82. The second-order valence-electron chi connectivity index (χ2n) is 2.53. The summed E-state index contributed by atoms with van der Waals surface area (Å²) in [6.07, 6.45) is 1.55. The van der Waals surface area contributed by atoms with Crippen LogP contribution in [-0.2, 0) is 0 Å². The van der Waals surface area contributed by atoms with E-state index in [-0.39, 0.29) is 12.7 Å². The first-order chi connectivity index (χ1) is 4.22. The van der Waals surface area contributed by atoms with Crippen molar-refractivity contribution in [2.45, 2.75) is 32.7 Å². The molecule has 1 unspecified atom stereocenters. The Kier molecular flexibility index (Phi) is 4.68. The summed E-state index contributed by atoms with van der Waals surface area (Å²) in [7, 11) is 0. The van der Waals surface area contributed by atoms with Crippen LogP contribution in [0.4, 0.5) is 4.39 Å². The van der Waals surface area contributed by atoms with Gasteiger partial charge in [0.05, 0.1) is 6.67 Å². The molecule has 0 rings (SSSR count).